The van der Waals surface area contributed by atoms with Crippen molar-refractivity contribution >= 4 is 17.7 Å². The molecule has 0 spiro atoms. The molecule has 1 unspecified atom stereocenters. The summed E-state index contributed by atoms with van der Waals surface area (Å²) in [7, 11) is 0. The van der Waals surface area contributed by atoms with Gasteiger partial charge in [0, 0.05) is 12.3 Å². The molecule has 0 rings (SSSR count). The number of hydrogen-bond donors (Lipinski definition) is 3. The van der Waals surface area contributed by atoms with Gasteiger partial charge >= 0.3 is 0 Å². The van der Waals surface area contributed by atoms with Gasteiger partial charge in [-0.05, 0) is 6.42 Å². The number of rotatable bonds is 6. The molecule has 0 radical (unpaired) electrons. The minimum absolute atomic E-state index is 0.158. The Hall–Kier alpha value is -1.59. The normalized spacial score (nSPS) is 11.8. The van der Waals surface area contributed by atoms with Crippen LogP contribution in [-0.4, -0.2) is 24.3 Å². The molecule has 0 saturated carbocycles. The van der Waals surface area contributed by atoms with E-state index in [1.165, 1.54) is 0 Å². The number of carbonyl (C=O) groups excluding carboxylic acids is 3. The zero-order valence-electron chi connectivity index (χ0n) is 8.08. The van der Waals surface area contributed by atoms with Crippen molar-refractivity contribution in [2.24, 2.45) is 17.4 Å². The van der Waals surface area contributed by atoms with Crippen LogP contribution >= 0.6 is 0 Å². The van der Waals surface area contributed by atoms with Crippen LogP contribution in [0.25, 0.3) is 0 Å². The van der Waals surface area contributed by atoms with Gasteiger partial charge in [0.05, 0.1) is 6.54 Å². The minimum atomic E-state index is -0.597. The molecule has 0 bridgehead atoms. The summed E-state index contributed by atoms with van der Waals surface area (Å²) in [6.07, 6.45) is 0.533. The highest BCUT2D eigenvalue weighted by Gasteiger charge is 2.13. The quantitative estimate of drug-likeness (QED) is 0.485. The molecular weight excluding hydrogens is 186 g/mol. The molecule has 0 aliphatic rings. The van der Waals surface area contributed by atoms with E-state index >= 15 is 0 Å². The average Bonchev–Trinajstić information content (AvgIpc) is 2.09. The molecule has 0 aromatic heterocycles. The van der Waals surface area contributed by atoms with Crippen LogP contribution < -0.4 is 16.8 Å². The molecule has 3 amide bonds. The highest BCUT2D eigenvalue weighted by atomic mass is 16.2. The third kappa shape index (κ3) is 5.99. The zero-order chi connectivity index (χ0) is 11.1. The van der Waals surface area contributed by atoms with Gasteiger partial charge in [0.1, 0.15) is 0 Å². The summed E-state index contributed by atoms with van der Waals surface area (Å²) < 4.78 is 0. The van der Waals surface area contributed by atoms with E-state index in [1.807, 2.05) is 0 Å². The van der Waals surface area contributed by atoms with Crippen LogP contribution in [0.15, 0.2) is 0 Å². The van der Waals surface area contributed by atoms with Gasteiger partial charge in [0.25, 0.3) is 0 Å². The fourth-order valence-corrected chi connectivity index (χ4v) is 0.838. The van der Waals surface area contributed by atoms with Gasteiger partial charge in [0.2, 0.25) is 17.7 Å². The maximum atomic E-state index is 11.2. The fraction of sp³-hybridized carbons (Fsp3) is 0.625. The van der Waals surface area contributed by atoms with Crippen LogP contribution in [0.2, 0.25) is 0 Å². The molecule has 0 aromatic carbocycles. The maximum Gasteiger partial charge on any atom is 0.236 e. The lowest BCUT2D eigenvalue weighted by atomic mass is 10.0. The third-order valence-electron chi connectivity index (χ3n) is 1.71. The number of nitrogens with one attached hydrogen (secondary N) is 1. The lowest BCUT2D eigenvalue weighted by molar-refractivity contribution is -0.127. The molecule has 0 aliphatic heterocycles. The summed E-state index contributed by atoms with van der Waals surface area (Å²) in [5.74, 6) is -1.69. The van der Waals surface area contributed by atoms with Crippen LogP contribution in [0.1, 0.15) is 19.8 Å². The number of carbonyl (C=O) groups is 3. The Balaban J connectivity index is 3.76. The zero-order valence-corrected chi connectivity index (χ0v) is 8.08. The Labute approximate surface area is 82.0 Å². The van der Waals surface area contributed by atoms with E-state index < -0.39 is 11.8 Å². The minimum Gasteiger partial charge on any atom is -0.370 e. The predicted octanol–water partition coefficient (Wildman–Crippen LogP) is -1.51. The third-order valence-corrected chi connectivity index (χ3v) is 1.71. The maximum absolute atomic E-state index is 11.2. The molecule has 1 atom stereocenters. The van der Waals surface area contributed by atoms with Crippen LogP contribution in [0.3, 0.4) is 0 Å². The van der Waals surface area contributed by atoms with Gasteiger partial charge in [-0.3, -0.25) is 14.4 Å². The molecule has 0 heterocycles. The first-order valence-corrected chi connectivity index (χ1v) is 4.27. The van der Waals surface area contributed by atoms with Gasteiger partial charge in [-0.15, -0.1) is 0 Å². The smallest absolute Gasteiger partial charge is 0.236 e. The topological polar surface area (TPSA) is 115 Å². The average molecular weight is 201 g/mol. The molecule has 6 heteroatoms. The van der Waals surface area contributed by atoms with E-state index in [0.717, 1.165) is 0 Å². The lowest BCUT2D eigenvalue weighted by Crippen LogP contribution is -2.36. The number of amides is 3. The van der Waals surface area contributed by atoms with Crippen molar-refractivity contribution in [3.8, 4) is 0 Å². The number of nitrogens with two attached hydrogens (primary N) is 2. The molecule has 5 N–H and O–H groups in total. The van der Waals surface area contributed by atoms with Crippen LogP contribution in [0.5, 0.6) is 0 Å². The van der Waals surface area contributed by atoms with Crippen molar-refractivity contribution in [2.75, 3.05) is 6.54 Å². The molecule has 0 aliphatic carbocycles. The second kappa shape index (κ2) is 5.95. The molecule has 80 valence electrons. The van der Waals surface area contributed by atoms with E-state index in [2.05, 4.69) is 5.32 Å². The predicted molar refractivity (Wildman–Crippen MR) is 49.8 cm³/mol. The molecule has 0 saturated heterocycles. The van der Waals surface area contributed by atoms with Gasteiger partial charge in [-0.1, -0.05) is 6.92 Å². The second-order valence-electron chi connectivity index (χ2n) is 3.09. The van der Waals surface area contributed by atoms with E-state index in [9.17, 15) is 14.4 Å². The summed E-state index contributed by atoms with van der Waals surface area (Å²) >= 11 is 0. The molecule has 6 nitrogen and oxygen atoms in total. The van der Waals surface area contributed by atoms with Gasteiger partial charge in [0.15, 0.2) is 0 Å². The SMILES string of the molecule is CC(CCC(N)=O)C(=O)NCC(N)=O. The van der Waals surface area contributed by atoms with Crippen LogP contribution in [0.4, 0.5) is 0 Å². The van der Waals surface area contributed by atoms with E-state index in [0.29, 0.717) is 6.42 Å². The molecule has 0 fully saturated rings. The fourth-order valence-electron chi connectivity index (χ4n) is 0.838. The highest BCUT2D eigenvalue weighted by Crippen LogP contribution is 2.04. The van der Waals surface area contributed by atoms with Gasteiger partial charge in [-0.25, -0.2) is 0 Å². The second-order valence-corrected chi connectivity index (χ2v) is 3.09. The Kier molecular flexibility index (Phi) is 5.28. The lowest BCUT2D eigenvalue weighted by Gasteiger charge is -2.09. The largest absolute Gasteiger partial charge is 0.370 e. The Bertz CT molecular complexity index is 240. The standard InChI is InChI=1S/C8H15N3O3/c1-5(2-3-6(9)12)8(14)11-4-7(10)13/h5H,2-4H2,1H3,(H2,9,12)(H2,10,13)(H,11,14). The number of hydrogen-bond acceptors (Lipinski definition) is 3. The first-order valence-electron chi connectivity index (χ1n) is 4.27. The van der Waals surface area contributed by atoms with Crippen molar-refractivity contribution in [3.05, 3.63) is 0 Å². The molecule has 14 heavy (non-hydrogen) atoms. The van der Waals surface area contributed by atoms with Crippen LogP contribution in [0, 0.1) is 5.92 Å². The van der Waals surface area contributed by atoms with Crippen molar-refractivity contribution in [1.29, 1.82) is 0 Å². The van der Waals surface area contributed by atoms with Crippen molar-refractivity contribution in [1.82, 2.24) is 5.32 Å². The van der Waals surface area contributed by atoms with Crippen molar-refractivity contribution in [2.45, 2.75) is 19.8 Å². The Morgan fingerprint density at radius 3 is 2.21 bits per heavy atom. The summed E-state index contributed by atoms with van der Waals surface area (Å²) in [5, 5.41) is 2.34. The van der Waals surface area contributed by atoms with Crippen LogP contribution in [-0.2, 0) is 14.4 Å². The van der Waals surface area contributed by atoms with Gasteiger partial charge < -0.3 is 16.8 Å². The van der Waals surface area contributed by atoms with Gasteiger partial charge in [-0.2, -0.15) is 0 Å². The summed E-state index contributed by atoms with van der Waals surface area (Å²) in [5.41, 5.74) is 9.75. The summed E-state index contributed by atoms with van der Waals surface area (Å²) in [4.78, 5) is 31.9. The number of primary amides is 2. The monoisotopic (exact) mass is 201 g/mol. The Morgan fingerprint density at radius 2 is 1.79 bits per heavy atom. The van der Waals surface area contributed by atoms with Crippen molar-refractivity contribution < 1.29 is 14.4 Å². The van der Waals surface area contributed by atoms with E-state index in [1.54, 1.807) is 6.92 Å². The first kappa shape index (κ1) is 12.4. The summed E-state index contributed by atoms with van der Waals surface area (Å²) in [6, 6.07) is 0. The highest BCUT2D eigenvalue weighted by molar-refractivity contribution is 5.85. The molecular formula is C8H15N3O3. The first-order chi connectivity index (χ1) is 6.43. The summed E-state index contributed by atoms with van der Waals surface area (Å²) in [6.45, 7) is 1.47. The van der Waals surface area contributed by atoms with E-state index in [-0.39, 0.29) is 24.8 Å². The van der Waals surface area contributed by atoms with E-state index in [4.69, 9.17) is 11.5 Å². The molecule has 0 aromatic rings. The van der Waals surface area contributed by atoms with Crippen molar-refractivity contribution in [3.63, 3.8) is 0 Å². The Morgan fingerprint density at radius 1 is 1.21 bits per heavy atom.